The zero-order valence-corrected chi connectivity index (χ0v) is 16.6. The predicted octanol–water partition coefficient (Wildman–Crippen LogP) is 1.86. The highest BCUT2D eigenvalue weighted by molar-refractivity contribution is 8.23. The molecule has 8 nitrogen and oxygen atoms in total. The average Bonchev–Trinajstić information content (AvgIpc) is 3.17. The maximum Gasteiger partial charge on any atom is 0.261 e. The first-order valence-corrected chi connectivity index (χ1v) is 9.80. The van der Waals surface area contributed by atoms with Crippen molar-refractivity contribution in [3.8, 4) is 0 Å². The van der Waals surface area contributed by atoms with Crippen molar-refractivity contribution in [3.05, 3.63) is 41.2 Å². The highest BCUT2D eigenvalue weighted by Crippen LogP contribution is 2.27. The van der Waals surface area contributed by atoms with Crippen molar-refractivity contribution in [2.75, 3.05) is 13.2 Å². The number of thioether (sulfide) groups is 1. The smallest absolute Gasteiger partial charge is 0.261 e. The van der Waals surface area contributed by atoms with E-state index in [0.717, 1.165) is 5.82 Å². The molecule has 1 unspecified atom stereocenters. The first-order valence-electron chi connectivity index (χ1n) is 8.51. The number of hydrogen-bond donors (Lipinski definition) is 0. The summed E-state index contributed by atoms with van der Waals surface area (Å²) >= 11 is 6.60. The zero-order valence-electron chi connectivity index (χ0n) is 15.0. The largest absolute Gasteiger partial charge is 0.479 e. The molecule has 2 heterocycles. The standard InChI is InChI=1S/C17H19N5O3S2/c1-3-25-17(26)27-11(8-9-14-18-19-20-21(14)2)10-22-15(23)12-6-4-5-7-13(12)16(22)24/h4-7,11H,3,8-10H2,1-2H3. The van der Waals surface area contributed by atoms with Crippen molar-refractivity contribution in [1.82, 2.24) is 25.1 Å². The third kappa shape index (κ3) is 4.33. The number of rotatable bonds is 7. The Morgan fingerprint density at radius 3 is 2.48 bits per heavy atom. The fourth-order valence-corrected chi connectivity index (χ4v) is 4.28. The topological polar surface area (TPSA) is 90.2 Å². The molecule has 0 radical (unpaired) electrons. The van der Waals surface area contributed by atoms with Crippen LogP contribution in [0.5, 0.6) is 0 Å². The molecule has 1 aliphatic rings. The van der Waals surface area contributed by atoms with E-state index in [4.69, 9.17) is 17.0 Å². The lowest BCUT2D eigenvalue weighted by molar-refractivity contribution is 0.0654. The molecule has 0 spiro atoms. The summed E-state index contributed by atoms with van der Waals surface area (Å²) in [5, 5.41) is 11.3. The van der Waals surface area contributed by atoms with Crippen molar-refractivity contribution in [2.24, 2.45) is 7.05 Å². The van der Waals surface area contributed by atoms with E-state index in [1.165, 1.54) is 16.7 Å². The number of hydrogen-bond acceptors (Lipinski definition) is 8. The van der Waals surface area contributed by atoms with Gasteiger partial charge in [0.25, 0.3) is 11.8 Å². The van der Waals surface area contributed by atoms with Crippen LogP contribution in [0.1, 0.15) is 39.9 Å². The Morgan fingerprint density at radius 2 is 1.93 bits per heavy atom. The summed E-state index contributed by atoms with van der Waals surface area (Å²) in [7, 11) is 1.77. The summed E-state index contributed by atoms with van der Waals surface area (Å²) in [6, 6.07) is 6.86. The van der Waals surface area contributed by atoms with Crippen LogP contribution in [0.25, 0.3) is 0 Å². The van der Waals surface area contributed by atoms with Gasteiger partial charge < -0.3 is 4.74 Å². The molecule has 3 rings (SSSR count). The molecule has 0 bridgehead atoms. The summed E-state index contributed by atoms with van der Waals surface area (Å²) in [5.74, 6) is 0.179. The Bertz CT molecular complexity index is 835. The van der Waals surface area contributed by atoms with E-state index in [-0.39, 0.29) is 23.6 Å². The quantitative estimate of drug-likeness (QED) is 0.509. The number of imide groups is 1. The number of nitrogens with zero attached hydrogens (tertiary/aromatic N) is 5. The van der Waals surface area contributed by atoms with Gasteiger partial charge in [-0.2, -0.15) is 0 Å². The number of thiocarbonyl (C=S) groups is 1. The first-order chi connectivity index (χ1) is 13.0. The summed E-state index contributed by atoms with van der Waals surface area (Å²) in [4.78, 5) is 26.6. The highest BCUT2D eigenvalue weighted by Gasteiger charge is 2.36. The van der Waals surface area contributed by atoms with Gasteiger partial charge in [0, 0.05) is 25.3 Å². The molecule has 0 saturated carbocycles. The molecule has 27 heavy (non-hydrogen) atoms. The molecule has 0 N–H and O–H groups in total. The molecule has 0 fully saturated rings. The molecular formula is C17H19N5O3S2. The normalized spacial score (nSPS) is 14.4. The molecular weight excluding hydrogens is 386 g/mol. The van der Waals surface area contributed by atoms with Crippen LogP contribution >= 0.6 is 24.0 Å². The Kier molecular flexibility index (Phi) is 6.17. The van der Waals surface area contributed by atoms with E-state index >= 15 is 0 Å². The number of carbonyl (C=O) groups is 2. The summed E-state index contributed by atoms with van der Waals surface area (Å²) < 4.78 is 7.37. The molecule has 1 aromatic heterocycles. The van der Waals surface area contributed by atoms with E-state index in [9.17, 15) is 9.59 Å². The lowest BCUT2D eigenvalue weighted by Gasteiger charge is -2.22. The first kappa shape index (κ1) is 19.4. The maximum atomic E-state index is 12.6. The van der Waals surface area contributed by atoms with Gasteiger partial charge in [-0.3, -0.25) is 14.5 Å². The van der Waals surface area contributed by atoms with E-state index in [2.05, 4.69) is 15.5 Å². The van der Waals surface area contributed by atoms with Gasteiger partial charge >= 0.3 is 0 Å². The monoisotopic (exact) mass is 405 g/mol. The van der Waals surface area contributed by atoms with Gasteiger partial charge in [-0.05, 0) is 48.1 Å². The predicted molar refractivity (Wildman–Crippen MR) is 105 cm³/mol. The van der Waals surface area contributed by atoms with Gasteiger partial charge in [0.05, 0.1) is 17.7 Å². The Balaban J connectivity index is 1.72. The number of fused-ring (bicyclic) bond motifs is 1. The molecule has 1 aliphatic heterocycles. The number of benzene rings is 1. The number of tetrazole rings is 1. The van der Waals surface area contributed by atoms with Crippen LogP contribution in [-0.4, -0.2) is 59.7 Å². The van der Waals surface area contributed by atoms with Crippen molar-refractivity contribution in [2.45, 2.75) is 25.0 Å². The SMILES string of the molecule is CCOC(=S)SC(CCc1nnnn1C)CN1C(=O)c2ccccc2C1=O. The minimum Gasteiger partial charge on any atom is -0.479 e. The third-order valence-corrected chi connectivity index (χ3v) is 5.62. The zero-order chi connectivity index (χ0) is 19.4. The number of carbonyl (C=O) groups excluding carboxylic acids is 2. The Morgan fingerprint density at radius 1 is 1.26 bits per heavy atom. The van der Waals surface area contributed by atoms with Crippen molar-refractivity contribution >= 4 is 40.2 Å². The van der Waals surface area contributed by atoms with Gasteiger partial charge in [-0.15, -0.1) is 5.10 Å². The molecule has 2 aromatic rings. The Labute approximate surface area is 166 Å². The van der Waals surface area contributed by atoms with Crippen molar-refractivity contribution < 1.29 is 14.3 Å². The van der Waals surface area contributed by atoms with Gasteiger partial charge in [0.2, 0.25) is 4.38 Å². The second-order valence-electron chi connectivity index (χ2n) is 5.95. The van der Waals surface area contributed by atoms with Crippen LogP contribution in [0.2, 0.25) is 0 Å². The molecule has 0 aliphatic carbocycles. The second-order valence-corrected chi connectivity index (χ2v) is 7.85. The minimum atomic E-state index is -0.274. The van der Waals surface area contributed by atoms with Gasteiger partial charge in [-0.25, -0.2) is 4.68 Å². The lowest BCUT2D eigenvalue weighted by atomic mass is 10.1. The molecule has 10 heteroatoms. The number of ether oxygens (including phenoxy) is 1. The summed E-state index contributed by atoms with van der Waals surface area (Å²) in [5.41, 5.74) is 0.882. The van der Waals surface area contributed by atoms with Crippen LogP contribution in [0.15, 0.2) is 24.3 Å². The van der Waals surface area contributed by atoms with Crippen molar-refractivity contribution in [3.63, 3.8) is 0 Å². The van der Waals surface area contributed by atoms with Gasteiger partial charge in [-0.1, -0.05) is 23.9 Å². The van der Waals surface area contributed by atoms with Crippen molar-refractivity contribution in [1.29, 1.82) is 0 Å². The van der Waals surface area contributed by atoms with Crippen LogP contribution in [0.3, 0.4) is 0 Å². The molecule has 1 atom stereocenters. The summed E-state index contributed by atoms with van der Waals surface area (Å²) in [6.45, 7) is 2.57. The van der Waals surface area contributed by atoms with E-state index in [1.54, 1.807) is 36.0 Å². The number of aryl methyl sites for hydroxylation is 2. The Hall–Kier alpha value is -2.33. The molecule has 1 aromatic carbocycles. The number of aromatic nitrogens is 4. The lowest BCUT2D eigenvalue weighted by Crippen LogP contribution is -2.36. The minimum absolute atomic E-state index is 0.122. The van der Waals surface area contributed by atoms with Gasteiger partial charge in [0.1, 0.15) is 0 Å². The van der Waals surface area contributed by atoms with Gasteiger partial charge in [0.15, 0.2) is 5.82 Å². The van der Waals surface area contributed by atoms with Crippen LogP contribution in [0.4, 0.5) is 0 Å². The van der Waals surface area contributed by atoms with Crippen LogP contribution in [0, 0.1) is 0 Å². The van der Waals surface area contributed by atoms with E-state index < -0.39 is 0 Å². The molecule has 0 saturated heterocycles. The fraction of sp³-hybridized carbons (Fsp3) is 0.412. The fourth-order valence-electron chi connectivity index (χ4n) is 2.83. The molecule has 142 valence electrons. The average molecular weight is 406 g/mol. The van der Waals surface area contributed by atoms with E-state index in [0.29, 0.717) is 35.0 Å². The highest BCUT2D eigenvalue weighted by atomic mass is 32.2. The maximum absolute atomic E-state index is 12.6. The molecule has 2 amide bonds. The third-order valence-electron chi connectivity index (χ3n) is 4.19. The van der Waals surface area contributed by atoms with E-state index in [1.807, 2.05) is 6.92 Å². The van der Waals surface area contributed by atoms with Crippen LogP contribution < -0.4 is 0 Å². The summed E-state index contributed by atoms with van der Waals surface area (Å²) in [6.07, 6.45) is 1.23. The van der Waals surface area contributed by atoms with Crippen LogP contribution in [-0.2, 0) is 18.2 Å². The number of amides is 2. The second kappa shape index (κ2) is 8.57.